The van der Waals surface area contributed by atoms with Gasteiger partial charge in [0, 0.05) is 30.2 Å². The van der Waals surface area contributed by atoms with E-state index in [1.165, 1.54) is 0 Å². The fraction of sp³-hybridized carbons (Fsp3) is 0.556. The van der Waals surface area contributed by atoms with E-state index in [2.05, 4.69) is 10.6 Å². The zero-order valence-corrected chi connectivity index (χ0v) is 14.9. The number of piperidine rings is 1. The summed E-state index contributed by atoms with van der Waals surface area (Å²) in [5.41, 5.74) is 1.70. The van der Waals surface area contributed by atoms with Gasteiger partial charge in [0.05, 0.1) is 18.5 Å². The number of amides is 2. The van der Waals surface area contributed by atoms with E-state index in [0.717, 1.165) is 11.3 Å². The van der Waals surface area contributed by atoms with Crippen LogP contribution in [0.5, 0.6) is 0 Å². The lowest BCUT2D eigenvalue weighted by Crippen LogP contribution is -2.47. The van der Waals surface area contributed by atoms with Crippen LogP contribution in [0, 0.1) is 5.92 Å². The van der Waals surface area contributed by atoms with Crippen LogP contribution in [0.25, 0.3) is 0 Å². The van der Waals surface area contributed by atoms with Crippen molar-refractivity contribution in [2.24, 2.45) is 5.92 Å². The van der Waals surface area contributed by atoms with Gasteiger partial charge in [-0.25, -0.2) is 8.78 Å². The Morgan fingerprint density at radius 3 is 2.65 bits per heavy atom. The van der Waals surface area contributed by atoms with Crippen molar-refractivity contribution in [1.29, 1.82) is 0 Å². The second kappa shape index (κ2) is 6.46. The Labute approximate surface area is 155 Å². The van der Waals surface area contributed by atoms with Crippen molar-refractivity contribution in [2.75, 3.05) is 25.0 Å². The second-order valence-corrected chi connectivity index (χ2v) is 7.79. The third kappa shape index (κ3) is 3.18. The SMILES string of the molecule is O=C1Nc2cc(Cl)ccc2C1C1CCN(C(=O)C2CC(F)(F)CN2)CC1. The lowest BCUT2D eigenvalue weighted by Gasteiger charge is -2.35. The Balaban J connectivity index is 1.40. The molecule has 2 amide bonds. The maximum Gasteiger partial charge on any atom is 0.262 e. The van der Waals surface area contributed by atoms with Crippen molar-refractivity contribution in [3.8, 4) is 0 Å². The molecule has 8 heteroatoms. The van der Waals surface area contributed by atoms with Crippen molar-refractivity contribution in [1.82, 2.24) is 10.2 Å². The molecule has 2 unspecified atom stereocenters. The molecule has 2 atom stereocenters. The van der Waals surface area contributed by atoms with E-state index >= 15 is 0 Å². The average Bonchev–Trinajstić information content (AvgIpc) is 3.12. The fourth-order valence-corrected chi connectivity index (χ4v) is 4.46. The van der Waals surface area contributed by atoms with E-state index in [9.17, 15) is 18.4 Å². The van der Waals surface area contributed by atoms with Crippen LogP contribution in [0.2, 0.25) is 5.02 Å². The summed E-state index contributed by atoms with van der Waals surface area (Å²) in [6.45, 7) is 0.529. The number of likely N-dealkylation sites (tertiary alicyclic amines) is 1. The highest BCUT2D eigenvalue weighted by molar-refractivity contribution is 6.31. The van der Waals surface area contributed by atoms with E-state index in [0.29, 0.717) is 31.0 Å². The van der Waals surface area contributed by atoms with Crippen molar-refractivity contribution in [3.05, 3.63) is 28.8 Å². The molecule has 3 heterocycles. The van der Waals surface area contributed by atoms with Crippen LogP contribution >= 0.6 is 11.6 Å². The monoisotopic (exact) mass is 383 g/mol. The van der Waals surface area contributed by atoms with Crippen molar-refractivity contribution < 1.29 is 18.4 Å². The molecule has 0 spiro atoms. The van der Waals surface area contributed by atoms with E-state index < -0.39 is 24.9 Å². The van der Waals surface area contributed by atoms with Gasteiger partial charge in [0.15, 0.2) is 0 Å². The lowest BCUT2D eigenvalue weighted by atomic mass is 9.80. The summed E-state index contributed by atoms with van der Waals surface area (Å²) in [4.78, 5) is 26.5. The summed E-state index contributed by atoms with van der Waals surface area (Å²) in [6, 6.07) is 4.60. The minimum atomic E-state index is -2.81. The van der Waals surface area contributed by atoms with Gasteiger partial charge in [-0.15, -0.1) is 0 Å². The molecule has 2 fully saturated rings. The molecule has 0 aromatic heterocycles. The normalized spacial score (nSPS) is 28.1. The summed E-state index contributed by atoms with van der Waals surface area (Å²) in [7, 11) is 0. The van der Waals surface area contributed by atoms with Crippen molar-refractivity contribution in [2.45, 2.75) is 37.1 Å². The number of nitrogens with zero attached hydrogens (tertiary/aromatic N) is 1. The van der Waals surface area contributed by atoms with Gasteiger partial charge >= 0.3 is 0 Å². The van der Waals surface area contributed by atoms with Crippen LogP contribution in [0.15, 0.2) is 18.2 Å². The van der Waals surface area contributed by atoms with Crippen LogP contribution < -0.4 is 10.6 Å². The first kappa shape index (κ1) is 17.7. The van der Waals surface area contributed by atoms with E-state index in [1.807, 2.05) is 6.07 Å². The number of hydrogen-bond donors (Lipinski definition) is 2. The van der Waals surface area contributed by atoms with Crippen molar-refractivity contribution >= 4 is 29.1 Å². The fourth-order valence-electron chi connectivity index (χ4n) is 4.29. The first-order valence-electron chi connectivity index (χ1n) is 8.84. The first-order chi connectivity index (χ1) is 12.3. The van der Waals surface area contributed by atoms with Crippen LogP contribution in [0.3, 0.4) is 0 Å². The highest BCUT2D eigenvalue weighted by Crippen LogP contribution is 2.42. The minimum Gasteiger partial charge on any atom is -0.341 e. The van der Waals surface area contributed by atoms with Crippen LogP contribution in [-0.2, 0) is 9.59 Å². The second-order valence-electron chi connectivity index (χ2n) is 7.35. The quantitative estimate of drug-likeness (QED) is 0.825. The zero-order chi connectivity index (χ0) is 18.5. The van der Waals surface area contributed by atoms with Gasteiger partial charge in [-0.2, -0.15) is 0 Å². The van der Waals surface area contributed by atoms with E-state index in [4.69, 9.17) is 11.6 Å². The molecule has 5 nitrogen and oxygen atoms in total. The molecule has 1 aromatic rings. The van der Waals surface area contributed by atoms with Crippen LogP contribution in [0.4, 0.5) is 14.5 Å². The predicted molar refractivity (Wildman–Crippen MR) is 93.5 cm³/mol. The smallest absolute Gasteiger partial charge is 0.262 e. The molecule has 26 heavy (non-hydrogen) atoms. The number of fused-ring (bicyclic) bond motifs is 1. The summed E-state index contributed by atoms with van der Waals surface area (Å²) in [6.07, 6.45) is 0.912. The molecule has 2 saturated heterocycles. The number of hydrogen-bond acceptors (Lipinski definition) is 3. The summed E-state index contributed by atoms with van der Waals surface area (Å²) in [5.74, 6) is -3.23. The van der Waals surface area contributed by atoms with Crippen molar-refractivity contribution in [3.63, 3.8) is 0 Å². The standard InChI is InChI=1S/C18H20ClF2N3O2/c19-11-1-2-12-13(7-11)23-16(25)15(12)10-3-5-24(6-4-10)17(26)14-8-18(20,21)9-22-14/h1-2,7,10,14-15,22H,3-6,8-9H2,(H,23,25). The Bertz CT molecular complexity index is 750. The zero-order valence-electron chi connectivity index (χ0n) is 14.1. The molecule has 4 rings (SSSR count). The molecule has 140 valence electrons. The first-order valence-corrected chi connectivity index (χ1v) is 9.22. The number of rotatable bonds is 2. The third-order valence-electron chi connectivity index (χ3n) is 5.62. The van der Waals surface area contributed by atoms with Crippen LogP contribution in [0.1, 0.15) is 30.7 Å². The molecule has 2 N–H and O–H groups in total. The van der Waals surface area contributed by atoms with Crippen LogP contribution in [-0.4, -0.2) is 48.3 Å². The molecule has 0 bridgehead atoms. The third-order valence-corrected chi connectivity index (χ3v) is 5.86. The number of benzene rings is 1. The topological polar surface area (TPSA) is 61.4 Å². The van der Waals surface area contributed by atoms with Gasteiger partial charge in [0.25, 0.3) is 5.92 Å². The molecule has 3 aliphatic rings. The number of halogens is 3. The van der Waals surface area contributed by atoms with E-state index in [-0.39, 0.29) is 23.7 Å². The molecular formula is C18H20ClF2N3O2. The summed E-state index contributed by atoms with van der Waals surface area (Å²) >= 11 is 5.99. The molecule has 1 aromatic carbocycles. The minimum absolute atomic E-state index is 0.0378. The van der Waals surface area contributed by atoms with Gasteiger partial charge in [-0.1, -0.05) is 17.7 Å². The highest BCUT2D eigenvalue weighted by Gasteiger charge is 2.45. The Hall–Kier alpha value is -1.73. The molecule has 0 radical (unpaired) electrons. The lowest BCUT2D eigenvalue weighted by molar-refractivity contribution is -0.135. The van der Waals surface area contributed by atoms with Gasteiger partial charge < -0.3 is 10.2 Å². The van der Waals surface area contributed by atoms with Gasteiger partial charge in [0.2, 0.25) is 11.8 Å². The summed E-state index contributed by atoms with van der Waals surface area (Å²) in [5, 5.41) is 6.07. The van der Waals surface area contributed by atoms with Gasteiger partial charge in [0.1, 0.15) is 0 Å². The number of carbonyl (C=O) groups is 2. The number of anilines is 1. The molecule has 0 saturated carbocycles. The number of carbonyl (C=O) groups excluding carboxylic acids is 2. The highest BCUT2D eigenvalue weighted by atomic mass is 35.5. The number of nitrogens with one attached hydrogen (secondary N) is 2. The van der Waals surface area contributed by atoms with E-state index in [1.54, 1.807) is 17.0 Å². The maximum atomic E-state index is 13.3. The van der Waals surface area contributed by atoms with Gasteiger partial charge in [-0.3, -0.25) is 14.9 Å². The largest absolute Gasteiger partial charge is 0.341 e. The Morgan fingerprint density at radius 2 is 2.00 bits per heavy atom. The molecule has 3 aliphatic heterocycles. The predicted octanol–water partition coefficient (Wildman–Crippen LogP) is 2.61. The number of alkyl halides is 2. The molecular weight excluding hydrogens is 364 g/mol. The average molecular weight is 384 g/mol. The Kier molecular flexibility index (Phi) is 4.39. The van der Waals surface area contributed by atoms with Gasteiger partial charge in [-0.05, 0) is 36.5 Å². The Morgan fingerprint density at radius 1 is 1.27 bits per heavy atom. The summed E-state index contributed by atoms with van der Waals surface area (Å²) < 4.78 is 26.6. The molecule has 0 aliphatic carbocycles. The maximum absolute atomic E-state index is 13.3.